The number of benzene rings is 8. The standard InChI is InChI=1S/C36H46N4O2.C33H42ClN5O3.C33H43N5O2S/c1-2-28(29-12-6-3-7-13-29)27-40-25-20-33(38-34(36(40)42)21-24-39-22-10-5-11-23-39)26-37-35(41)32-18-16-31(17-19-32)30-14-8-4-9-15-30;1-4-23(24-8-6-5-7-9-24)21-39-17-15-29(38-30(32(39)41)14-16-35-33(42)37-22(2)3)20-36-31(40)27-11-10-26-19-28(34)13-12-25(26)18-27;1-2-25(26-12-6-3-7-13-26)23-38-21-16-28(35-29(33(38)40)17-20-37-18-10-5-11-19-37)22-34-31(39)30-24-41-32(36-30)27-14-8-4-9-15-27/h3-4,6-9,12-19,28,33-34,38H,2,5,10-11,20-27H2,1H3,(H,37,41);5-13,18-19,22-23,29-30,38H,4,14-17,20-21H2,1-3H3,(H,36,40)(H2,35,37,42);3-4,6-9,12-15,24-25,28-29,35H,2,5,10-11,16-23H2,1H3,(H,34,39)/t28-,33+,34+;23-,29+,30+;25-,28+,29+/m111/s1. The largest absolute Gasteiger partial charge is 0.350 e. The number of nitrogens with zero attached hydrogens (tertiary/aromatic N) is 6. The van der Waals surface area contributed by atoms with E-state index in [-0.39, 0.29) is 83.6 Å². The monoisotopic (exact) mass is 1730 g/mol. The second-order valence-corrected chi connectivity index (χ2v) is 35.7. The lowest BCUT2D eigenvalue weighted by Gasteiger charge is -2.31. The third-order valence-electron chi connectivity index (χ3n) is 25.1. The van der Waals surface area contributed by atoms with Crippen LogP contribution in [0.5, 0.6) is 0 Å². The highest BCUT2D eigenvalue weighted by atomic mass is 35.5. The third-order valence-corrected chi connectivity index (χ3v) is 26.2. The van der Waals surface area contributed by atoms with Gasteiger partial charge in [-0.15, -0.1) is 11.3 Å². The number of carbonyl (C=O) groups is 7. The number of hydrogen-bond acceptors (Lipinski definition) is 14. The van der Waals surface area contributed by atoms with E-state index in [2.05, 4.69) is 161 Å². The number of urea groups is 1. The van der Waals surface area contributed by atoms with Crippen LogP contribution in [0.4, 0.5) is 4.79 Å². The highest BCUT2D eigenvalue weighted by molar-refractivity contribution is 7.13. The van der Waals surface area contributed by atoms with Gasteiger partial charge in [0, 0.05) is 148 Å². The SMILES string of the molecule is CC[C@H](CN1CC[C@@H](CNC(=O)c2ccc(-c3ccccc3)cc2)N[C@@H](CCN2CCCCC2)C1=O)c1ccccc1.CC[C@H](CN1CC[C@@H](CNC(=O)c2ccc3cc(Cl)ccc3c2)N[C@@H](CCNC(=O)NC(C)C)C1=O)c1ccccc1.CC[C@H](CN1CC[C@@H](CNC(=O)c2csc(-c3ccccc3)n2)N[C@@H](CCN2CCCCC2)C1=O)c1ccccc1. The molecule has 9 atom stereocenters. The fourth-order valence-corrected chi connectivity index (χ4v) is 18.7. The number of nitrogens with one attached hydrogen (secondary N) is 8. The Kier molecular flexibility index (Phi) is 36.9. The second-order valence-electron chi connectivity index (χ2n) is 34.4. The van der Waals surface area contributed by atoms with Crippen LogP contribution in [0.15, 0.2) is 218 Å². The summed E-state index contributed by atoms with van der Waals surface area (Å²) in [5.41, 5.74) is 8.69. The first-order valence-corrected chi connectivity index (χ1v) is 47.2. The van der Waals surface area contributed by atoms with Crippen LogP contribution in [-0.2, 0) is 14.4 Å². The van der Waals surface area contributed by atoms with Gasteiger partial charge < -0.3 is 67.0 Å². The Bertz CT molecular complexity index is 4830. The first-order valence-electron chi connectivity index (χ1n) is 45.9. The average molecular weight is 1730 g/mol. The molecule has 21 nitrogen and oxygen atoms in total. The Hall–Kier alpha value is -10.2. The van der Waals surface area contributed by atoms with Gasteiger partial charge in [0.2, 0.25) is 17.7 Å². The summed E-state index contributed by atoms with van der Waals surface area (Å²) < 4.78 is 0. The minimum absolute atomic E-state index is 0.0169. The van der Waals surface area contributed by atoms with Crippen molar-refractivity contribution in [3.05, 3.63) is 256 Å². The van der Waals surface area contributed by atoms with Crippen molar-refractivity contribution in [2.24, 2.45) is 0 Å². The van der Waals surface area contributed by atoms with Crippen LogP contribution in [-0.4, -0.2) is 218 Å². The van der Waals surface area contributed by atoms with Gasteiger partial charge >= 0.3 is 6.03 Å². The van der Waals surface area contributed by atoms with Crippen molar-refractivity contribution in [2.45, 2.75) is 191 Å². The molecule has 5 saturated heterocycles. The number of carbonyl (C=O) groups excluding carboxylic acids is 7. The van der Waals surface area contributed by atoms with Gasteiger partial charge in [-0.1, -0.05) is 221 Å². The van der Waals surface area contributed by atoms with Crippen molar-refractivity contribution in [1.82, 2.24) is 72.0 Å². The molecule has 8 amide bonds. The summed E-state index contributed by atoms with van der Waals surface area (Å²) in [7, 11) is 0. The van der Waals surface area contributed by atoms with Crippen LogP contribution >= 0.6 is 22.9 Å². The van der Waals surface area contributed by atoms with E-state index in [1.54, 1.807) is 6.07 Å². The van der Waals surface area contributed by atoms with Crippen molar-refractivity contribution in [3.8, 4) is 21.7 Å². The van der Waals surface area contributed by atoms with E-state index in [9.17, 15) is 33.6 Å². The summed E-state index contributed by atoms with van der Waals surface area (Å²) in [5.74, 6) is 0.850. The lowest BCUT2D eigenvalue weighted by Crippen LogP contribution is -2.50. The van der Waals surface area contributed by atoms with Crippen molar-refractivity contribution in [2.75, 3.05) is 105 Å². The summed E-state index contributed by atoms with van der Waals surface area (Å²) in [5, 5.41) is 31.0. The first kappa shape index (κ1) is 94.0. The predicted octanol–water partition coefficient (Wildman–Crippen LogP) is 16.0. The number of likely N-dealkylation sites (tertiary alicyclic amines) is 2. The zero-order valence-corrected chi connectivity index (χ0v) is 75.4. The molecule has 0 radical (unpaired) electrons. The molecule has 0 saturated carbocycles. The molecule has 8 aromatic carbocycles. The fraction of sp³-hybridized carbons (Fsp3) is 0.451. The molecular weight excluding hydrogens is 1600 g/mol. The Balaban J connectivity index is 0.000000171. The number of hydrogen-bond donors (Lipinski definition) is 8. The number of amides is 8. The topological polar surface area (TPSA) is 245 Å². The smallest absolute Gasteiger partial charge is 0.314 e. The summed E-state index contributed by atoms with van der Waals surface area (Å²) in [4.78, 5) is 109. The number of thiazole rings is 1. The lowest BCUT2D eigenvalue weighted by molar-refractivity contribution is -0.134. The van der Waals surface area contributed by atoms with E-state index in [1.807, 2.05) is 158 Å². The van der Waals surface area contributed by atoms with Gasteiger partial charge in [0.05, 0.1) is 18.1 Å². The minimum Gasteiger partial charge on any atom is -0.350 e. The maximum atomic E-state index is 13.9. The van der Waals surface area contributed by atoms with E-state index < -0.39 is 6.04 Å². The van der Waals surface area contributed by atoms with E-state index >= 15 is 0 Å². The Labute approximate surface area is 749 Å². The van der Waals surface area contributed by atoms with Gasteiger partial charge in [-0.3, -0.25) is 28.8 Å². The molecule has 5 aliphatic heterocycles. The Morgan fingerprint density at radius 2 is 0.816 bits per heavy atom. The van der Waals surface area contributed by atoms with Crippen LogP contribution < -0.4 is 42.5 Å². The molecule has 14 rings (SSSR count). The van der Waals surface area contributed by atoms with Gasteiger partial charge in [0.1, 0.15) is 10.7 Å². The zero-order valence-electron chi connectivity index (χ0n) is 73.8. The van der Waals surface area contributed by atoms with E-state index in [1.165, 1.54) is 66.6 Å². The molecule has 0 aliphatic carbocycles. The number of fused-ring (bicyclic) bond motifs is 1. The lowest BCUT2D eigenvalue weighted by atomic mass is 9.95. The number of halogens is 1. The fourth-order valence-electron chi connectivity index (χ4n) is 17.7. The number of piperidine rings is 2. The highest BCUT2D eigenvalue weighted by Gasteiger charge is 2.37. The molecule has 664 valence electrons. The highest BCUT2D eigenvalue weighted by Crippen LogP contribution is 2.30. The van der Waals surface area contributed by atoms with Crippen molar-refractivity contribution < 1.29 is 33.6 Å². The predicted molar refractivity (Wildman–Crippen MR) is 506 cm³/mol. The molecule has 125 heavy (non-hydrogen) atoms. The van der Waals surface area contributed by atoms with Gasteiger partial charge in [-0.25, -0.2) is 9.78 Å². The summed E-state index contributed by atoms with van der Waals surface area (Å²) >= 11 is 7.58. The third kappa shape index (κ3) is 28.7. The Morgan fingerprint density at radius 1 is 0.432 bits per heavy atom. The molecule has 0 spiro atoms. The summed E-state index contributed by atoms with van der Waals surface area (Å²) in [6, 6.07) is 69.2. The number of aromatic nitrogens is 1. The molecule has 1 aromatic heterocycles. The minimum atomic E-state index is -0.479. The molecule has 5 fully saturated rings. The van der Waals surface area contributed by atoms with Gasteiger partial charge in [-0.05, 0) is 198 Å². The summed E-state index contributed by atoms with van der Waals surface area (Å²) in [6.07, 6.45) is 14.8. The molecule has 23 heteroatoms. The maximum absolute atomic E-state index is 13.9. The van der Waals surface area contributed by atoms with Crippen LogP contribution in [0.25, 0.3) is 32.5 Å². The molecule has 6 heterocycles. The van der Waals surface area contributed by atoms with E-state index in [4.69, 9.17) is 11.6 Å². The van der Waals surface area contributed by atoms with E-state index in [0.717, 1.165) is 130 Å². The average Bonchev–Trinajstić information content (AvgIpc) is 1.69. The van der Waals surface area contributed by atoms with Crippen molar-refractivity contribution in [1.29, 1.82) is 0 Å². The van der Waals surface area contributed by atoms with Crippen LogP contribution in [0, 0.1) is 0 Å². The molecule has 0 bridgehead atoms. The van der Waals surface area contributed by atoms with Crippen LogP contribution in [0.1, 0.15) is 197 Å². The van der Waals surface area contributed by atoms with Crippen molar-refractivity contribution >= 4 is 75.2 Å². The molecule has 8 N–H and O–H groups in total. The van der Waals surface area contributed by atoms with Gasteiger partial charge in [0.15, 0.2) is 0 Å². The zero-order chi connectivity index (χ0) is 87.7. The van der Waals surface area contributed by atoms with Crippen molar-refractivity contribution in [3.63, 3.8) is 0 Å². The normalized spacial score (nSPS) is 19.8. The molecule has 5 aliphatic rings. The quantitative estimate of drug-likeness (QED) is 0.0191. The van der Waals surface area contributed by atoms with E-state index in [0.29, 0.717) is 98.9 Å². The van der Waals surface area contributed by atoms with Gasteiger partial charge in [0.25, 0.3) is 17.7 Å². The number of rotatable bonds is 33. The van der Waals surface area contributed by atoms with Crippen LogP contribution in [0.3, 0.4) is 0 Å². The summed E-state index contributed by atoms with van der Waals surface area (Å²) in [6.45, 7) is 22.4. The van der Waals surface area contributed by atoms with Gasteiger partial charge in [-0.2, -0.15) is 0 Å². The van der Waals surface area contributed by atoms with Crippen LogP contribution in [0.2, 0.25) is 5.02 Å². The first-order chi connectivity index (χ1) is 60.9. The molecule has 0 unspecified atom stereocenters. The maximum Gasteiger partial charge on any atom is 0.314 e. The molecular formula is C102H131ClN14O7S. The molecule has 9 aromatic rings. The Morgan fingerprint density at radius 3 is 1.26 bits per heavy atom. The second kappa shape index (κ2) is 49.1.